The van der Waals surface area contributed by atoms with Crippen molar-refractivity contribution in [3.05, 3.63) is 18.2 Å². The molecule has 4 heteroatoms. The third kappa shape index (κ3) is 1.07. The highest BCUT2D eigenvalue weighted by atomic mass is 16.2. The van der Waals surface area contributed by atoms with Crippen molar-refractivity contribution < 1.29 is 4.79 Å². The average molecular weight is 162 g/mol. The minimum atomic E-state index is -0.0415. The number of hydrogen-bond acceptors (Lipinski definition) is 2. The third-order valence-corrected chi connectivity index (χ3v) is 1.73. The van der Waals surface area contributed by atoms with E-state index in [-0.39, 0.29) is 12.5 Å². The molecule has 2 rings (SSSR count). The Morgan fingerprint density at radius 3 is 3.00 bits per heavy atom. The summed E-state index contributed by atoms with van der Waals surface area (Å²) in [5.74, 6) is -0.0415. The molecule has 1 radical (unpaired) electrons. The zero-order valence-electron chi connectivity index (χ0n) is 6.35. The van der Waals surface area contributed by atoms with Crippen LogP contribution in [0.3, 0.4) is 0 Å². The molecule has 0 saturated heterocycles. The van der Waals surface area contributed by atoms with Gasteiger partial charge in [0, 0.05) is 0 Å². The lowest BCUT2D eigenvalue weighted by Gasteiger charge is -2.18. The van der Waals surface area contributed by atoms with E-state index in [1.807, 2.05) is 0 Å². The lowest BCUT2D eigenvalue weighted by atomic mass is 10.2. The number of hydrogen-bond donors (Lipinski definition) is 2. The van der Waals surface area contributed by atoms with Crippen molar-refractivity contribution in [2.24, 2.45) is 0 Å². The molecule has 1 aliphatic heterocycles. The summed E-state index contributed by atoms with van der Waals surface area (Å²) < 4.78 is 0. The van der Waals surface area contributed by atoms with Crippen LogP contribution in [-0.4, -0.2) is 12.5 Å². The number of rotatable bonds is 0. The van der Waals surface area contributed by atoms with Crippen LogP contribution in [0.25, 0.3) is 0 Å². The quantitative estimate of drug-likeness (QED) is 0.596. The van der Waals surface area contributed by atoms with Crippen molar-refractivity contribution in [2.45, 2.75) is 0 Å². The van der Waals surface area contributed by atoms with E-state index in [1.165, 1.54) is 0 Å². The van der Waals surface area contributed by atoms with E-state index >= 15 is 0 Å². The van der Waals surface area contributed by atoms with Gasteiger partial charge in [-0.3, -0.25) is 4.79 Å². The molecule has 1 aliphatic rings. The molecule has 1 heterocycles. The van der Waals surface area contributed by atoms with Crippen molar-refractivity contribution in [1.29, 1.82) is 0 Å². The van der Waals surface area contributed by atoms with Gasteiger partial charge in [-0.15, -0.1) is 0 Å². The van der Waals surface area contributed by atoms with Gasteiger partial charge >= 0.3 is 0 Å². The number of fused-ring (bicyclic) bond motifs is 1. The molecule has 0 aliphatic carbocycles. The third-order valence-electron chi connectivity index (χ3n) is 1.73. The maximum absolute atomic E-state index is 10.9. The van der Waals surface area contributed by atoms with Crippen molar-refractivity contribution in [1.82, 2.24) is 5.73 Å². The first-order chi connectivity index (χ1) is 5.75. The van der Waals surface area contributed by atoms with E-state index < -0.39 is 0 Å². The van der Waals surface area contributed by atoms with Gasteiger partial charge in [0.25, 0.3) is 0 Å². The molecule has 0 unspecified atom stereocenters. The number of carbonyl (C=O) groups excluding carboxylic acids is 1. The molecule has 1 aromatic carbocycles. The minimum Gasteiger partial charge on any atom is -0.374 e. The summed E-state index contributed by atoms with van der Waals surface area (Å²) in [5.41, 5.74) is 9.35. The van der Waals surface area contributed by atoms with Crippen LogP contribution >= 0.6 is 0 Å². The summed E-state index contributed by atoms with van der Waals surface area (Å²) in [5, 5.41) is 5.62. The Balaban J connectivity index is 2.43. The van der Waals surface area contributed by atoms with Crippen LogP contribution in [0.15, 0.2) is 18.2 Å². The minimum absolute atomic E-state index is 0.0415. The lowest BCUT2D eigenvalue weighted by Crippen LogP contribution is -2.27. The van der Waals surface area contributed by atoms with Gasteiger partial charge in [0.2, 0.25) is 5.91 Å². The van der Waals surface area contributed by atoms with Crippen LogP contribution in [0, 0.1) is 0 Å². The summed E-state index contributed by atoms with van der Waals surface area (Å²) in [4.78, 5) is 10.9. The fourth-order valence-electron chi connectivity index (χ4n) is 1.17. The SMILES string of the molecule is [NH]c1ccc2c(c1)NCC(=O)N2. The largest absolute Gasteiger partial charge is 0.374 e. The van der Waals surface area contributed by atoms with Crippen LogP contribution in [-0.2, 0) is 4.79 Å². The number of benzene rings is 1. The summed E-state index contributed by atoms with van der Waals surface area (Å²) >= 11 is 0. The molecule has 0 bridgehead atoms. The van der Waals surface area contributed by atoms with Crippen molar-refractivity contribution in [3.8, 4) is 0 Å². The second-order valence-corrected chi connectivity index (χ2v) is 2.66. The summed E-state index contributed by atoms with van der Waals surface area (Å²) in [6.07, 6.45) is 0. The van der Waals surface area contributed by atoms with E-state index in [9.17, 15) is 4.79 Å². The number of carbonyl (C=O) groups is 1. The molecule has 1 amide bonds. The van der Waals surface area contributed by atoms with Crippen LogP contribution in [0.4, 0.5) is 17.1 Å². The highest BCUT2D eigenvalue weighted by Gasteiger charge is 2.12. The Labute approximate surface area is 69.8 Å². The monoisotopic (exact) mass is 162 g/mol. The Morgan fingerprint density at radius 2 is 2.17 bits per heavy atom. The zero-order valence-corrected chi connectivity index (χ0v) is 6.35. The lowest BCUT2D eigenvalue weighted by molar-refractivity contribution is -0.114. The summed E-state index contributed by atoms with van der Waals surface area (Å²) in [7, 11) is 0. The second-order valence-electron chi connectivity index (χ2n) is 2.66. The predicted molar refractivity (Wildman–Crippen MR) is 46.3 cm³/mol. The summed E-state index contributed by atoms with van der Waals surface area (Å²) in [6.45, 7) is 0.288. The van der Waals surface area contributed by atoms with Gasteiger partial charge < -0.3 is 16.4 Å². The van der Waals surface area contributed by atoms with Crippen molar-refractivity contribution >= 4 is 23.0 Å². The Morgan fingerprint density at radius 1 is 1.33 bits per heavy atom. The maximum atomic E-state index is 10.9. The average Bonchev–Trinajstić information content (AvgIpc) is 2.05. The van der Waals surface area contributed by atoms with Crippen molar-refractivity contribution in [2.75, 3.05) is 17.2 Å². The molecule has 4 nitrogen and oxygen atoms in total. The van der Waals surface area contributed by atoms with Gasteiger partial charge in [-0.1, -0.05) is 0 Å². The van der Waals surface area contributed by atoms with E-state index in [4.69, 9.17) is 5.73 Å². The van der Waals surface area contributed by atoms with Crippen LogP contribution in [0.2, 0.25) is 0 Å². The number of amides is 1. The van der Waals surface area contributed by atoms with Gasteiger partial charge in [-0.25, -0.2) is 0 Å². The molecule has 0 saturated carbocycles. The molecular weight excluding hydrogens is 154 g/mol. The number of nitrogens with one attached hydrogen (secondary N) is 3. The Hall–Kier alpha value is -1.71. The van der Waals surface area contributed by atoms with Gasteiger partial charge in [-0.05, 0) is 18.2 Å². The van der Waals surface area contributed by atoms with E-state index in [2.05, 4.69) is 10.6 Å². The first kappa shape index (κ1) is 6.97. The van der Waals surface area contributed by atoms with Crippen molar-refractivity contribution in [3.63, 3.8) is 0 Å². The van der Waals surface area contributed by atoms with E-state index in [1.54, 1.807) is 18.2 Å². The first-order valence-corrected chi connectivity index (χ1v) is 3.65. The fourth-order valence-corrected chi connectivity index (χ4v) is 1.17. The van der Waals surface area contributed by atoms with Gasteiger partial charge in [0.1, 0.15) is 0 Å². The van der Waals surface area contributed by atoms with E-state index in [0.717, 1.165) is 11.4 Å². The summed E-state index contributed by atoms with van der Waals surface area (Å²) in [6, 6.07) is 5.06. The van der Waals surface area contributed by atoms with Crippen LogP contribution in [0.5, 0.6) is 0 Å². The van der Waals surface area contributed by atoms with Gasteiger partial charge in [-0.2, -0.15) is 0 Å². The molecular formula is C8H8N3O. The number of anilines is 2. The topological polar surface area (TPSA) is 64.9 Å². The van der Waals surface area contributed by atoms with Crippen LogP contribution < -0.4 is 16.4 Å². The molecule has 0 aromatic heterocycles. The van der Waals surface area contributed by atoms with Gasteiger partial charge in [0.15, 0.2) is 0 Å². The molecule has 61 valence electrons. The normalized spacial score (nSPS) is 14.5. The predicted octanol–water partition coefficient (Wildman–Crippen LogP) is 0.965. The maximum Gasteiger partial charge on any atom is 0.243 e. The van der Waals surface area contributed by atoms with E-state index in [0.29, 0.717) is 5.69 Å². The molecule has 0 spiro atoms. The van der Waals surface area contributed by atoms with Crippen LogP contribution in [0.1, 0.15) is 0 Å². The molecule has 3 N–H and O–H groups in total. The standard InChI is InChI=1S/C8H8N3O/c9-5-1-2-6-7(3-5)10-4-8(12)11-6/h1-3,9-10H,4H2,(H,11,12). The highest BCUT2D eigenvalue weighted by molar-refractivity contribution is 6.00. The Kier molecular flexibility index (Phi) is 1.40. The molecule has 0 atom stereocenters. The smallest absolute Gasteiger partial charge is 0.243 e. The molecule has 1 aromatic rings. The molecule has 12 heavy (non-hydrogen) atoms. The highest BCUT2D eigenvalue weighted by Crippen LogP contribution is 2.26. The molecule has 0 fully saturated rings. The second kappa shape index (κ2) is 2.41. The van der Waals surface area contributed by atoms with Gasteiger partial charge in [0.05, 0.1) is 23.6 Å². The Bertz CT molecular complexity index is 335. The fraction of sp³-hybridized carbons (Fsp3) is 0.125. The first-order valence-electron chi connectivity index (χ1n) is 3.65. The zero-order chi connectivity index (χ0) is 8.55.